The van der Waals surface area contributed by atoms with Crippen LogP contribution in [0.5, 0.6) is 5.75 Å². The van der Waals surface area contributed by atoms with Crippen LogP contribution in [0.4, 0.5) is 5.69 Å². The number of carbonyl (C=O) groups is 2. The monoisotopic (exact) mass is 464 g/mol. The fraction of sp³-hybridized carbons (Fsp3) is 0.120. The minimum absolute atomic E-state index is 0.189. The van der Waals surface area contributed by atoms with Crippen molar-refractivity contribution in [3.05, 3.63) is 99.5 Å². The zero-order valence-corrected chi connectivity index (χ0v) is 19.2. The van der Waals surface area contributed by atoms with Crippen molar-refractivity contribution in [2.24, 2.45) is 0 Å². The summed E-state index contributed by atoms with van der Waals surface area (Å²) < 4.78 is 5.40. The van der Waals surface area contributed by atoms with Gasteiger partial charge in [-0.3, -0.25) is 14.5 Å². The van der Waals surface area contributed by atoms with E-state index in [1.165, 1.54) is 23.8 Å². The number of rotatable bonds is 7. The number of thioether (sulfide) groups is 1. The van der Waals surface area contributed by atoms with Gasteiger partial charge in [-0.1, -0.05) is 71.4 Å². The van der Waals surface area contributed by atoms with E-state index in [4.69, 9.17) is 16.3 Å². The first-order valence-corrected chi connectivity index (χ1v) is 11.1. The summed E-state index contributed by atoms with van der Waals surface area (Å²) >= 11 is 7.42. The lowest BCUT2D eigenvalue weighted by Crippen LogP contribution is -2.31. The van der Waals surface area contributed by atoms with E-state index in [9.17, 15) is 9.59 Å². The molecule has 1 aliphatic rings. The van der Waals surface area contributed by atoms with Crippen molar-refractivity contribution in [3.8, 4) is 5.75 Å². The number of imide groups is 1. The molecule has 0 bridgehead atoms. The van der Waals surface area contributed by atoms with Crippen LogP contribution in [0, 0.1) is 6.92 Å². The van der Waals surface area contributed by atoms with Crippen LogP contribution in [0.2, 0.25) is 5.02 Å². The number of nitrogens with zero attached hydrogens (tertiary/aromatic N) is 1. The third-order valence-electron chi connectivity index (χ3n) is 4.97. The van der Waals surface area contributed by atoms with Crippen LogP contribution < -0.4 is 10.1 Å². The van der Waals surface area contributed by atoms with Crippen LogP contribution in [0.25, 0.3) is 0 Å². The van der Waals surface area contributed by atoms with Gasteiger partial charge in [-0.2, -0.15) is 0 Å². The molecule has 3 aromatic carbocycles. The number of methoxy groups -OCH3 is 1. The van der Waals surface area contributed by atoms with Crippen LogP contribution in [-0.4, -0.2) is 23.8 Å². The summed E-state index contributed by atoms with van der Waals surface area (Å²) in [6, 6.07) is 22.3. The molecule has 1 aliphatic heterocycles. The van der Waals surface area contributed by atoms with Crippen molar-refractivity contribution in [2.45, 2.75) is 18.4 Å². The molecule has 0 atom stereocenters. The number of aryl methyl sites for hydroxylation is 1. The number of carbonyl (C=O) groups excluding carboxylic acids is 2. The Morgan fingerprint density at radius 2 is 1.69 bits per heavy atom. The maximum Gasteiger partial charge on any atom is 0.278 e. The predicted octanol–water partition coefficient (Wildman–Crippen LogP) is 5.64. The molecule has 0 radical (unpaired) electrons. The van der Waals surface area contributed by atoms with Crippen molar-refractivity contribution in [2.75, 3.05) is 12.4 Å². The standard InChI is InChI=1S/C25H21ClN2O3S/c1-16-8-11-19(12-9-16)32-23-22(27-20-14-18(26)10-13-21(20)31-2)24(29)28(25(23)30)15-17-6-4-3-5-7-17/h3-14,27H,15H2,1-2H3. The normalized spacial score (nSPS) is 13.7. The Morgan fingerprint density at radius 3 is 2.38 bits per heavy atom. The van der Waals surface area contributed by atoms with E-state index in [1.54, 1.807) is 18.2 Å². The van der Waals surface area contributed by atoms with E-state index >= 15 is 0 Å². The number of nitrogens with one attached hydrogen (secondary N) is 1. The topological polar surface area (TPSA) is 58.6 Å². The Hall–Kier alpha value is -3.22. The molecule has 0 unspecified atom stereocenters. The number of hydrogen-bond acceptors (Lipinski definition) is 5. The first kappa shape index (κ1) is 22.0. The number of benzene rings is 3. The van der Waals surface area contributed by atoms with Crippen LogP contribution in [-0.2, 0) is 16.1 Å². The molecule has 5 nitrogen and oxygen atoms in total. The molecule has 0 aromatic heterocycles. The first-order chi connectivity index (χ1) is 15.5. The second-order valence-corrected chi connectivity index (χ2v) is 8.79. The Kier molecular flexibility index (Phi) is 6.53. The Balaban J connectivity index is 1.72. The quantitative estimate of drug-likeness (QED) is 0.458. The molecule has 0 saturated carbocycles. The van der Waals surface area contributed by atoms with Gasteiger partial charge in [-0.25, -0.2) is 0 Å². The second kappa shape index (κ2) is 9.51. The van der Waals surface area contributed by atoms with Gasteiger partial charge < -0.3 is 10.1 Å². The molecule has 0 saturated heterocycles. The SMILES string of the molecule is COc1ccc(Cl)cc1NC1=C(Sc2ccc(C)cc2)C(=O)N(Cc2ccccc2)C1=O. The zero-order valence-electron chi connectivity index (χ0n) is 17.6. The van der Waals surface area contributed by atoms with Gasteiger partial charge in [0.25, 0.3) is 11.8 Å². The molecule has 162 valence electrons. The van der Waals surface area contributed by atoms with E-state index in [2.05, 4.69) is 5.32 Å². The summed E-state index contributed by atoms with van der Waals surface area (Å²) in [7, 11) is 1.54. The number of halogens is 1. The van der Waals surface area contributed by atoms with Crippen molar-refractivity contribution in [1.82, 2.24) is 4.90 Å². The third kappa shape index (κ3) is 4.66. The predicted molar refractivity (Wildman–Crippen MR) is 128 cm³/mol. The van der Waals surface area contributed by atoms with Gasteiger partial charge >= 0.3 is 0 Å². The van der Waals surface area contributed by atoms with Gasteiger partial charge in [0.1, 0.15) is 16.4 Å². The van der Waals surface area contributed by atoms with Gasteiger partial charge in [-0.05, 0) is 42.8 Å². The zero-order chi connectivity index (χ0) is 22.7. The van der Waals surface area contributed by atoms with Crippen LogP contribution >= 0.6 is 23.4 Å². The average Bonchev–Trinajstić information content (AvgIpc) is 3.00. The Labute approximate surface area is 196 Å². The molecule has 2 amide bonds. The molecule has 0 aliphatic carbocycles. The Bertz CT molecular complexity index is 1190. The van der Waals surface area contributed by atoms with Gasteiger partial charge in [0.2, 0.25) is 0 Å². The smallest absolute Gasteiger partial charge is 0.278 e. The van der Waals surface area contributed by atoms with Crippen molar-refractivity contribution in [3.63, 3.8) is 0 Å². The van der Waals surface area contributed by atoms with Crippen LogP contribution in [0.3, 0.4) is 0 Å². The molecule has 0 fully saturated rings. The highest BCUT2D eigenvalue weighted by molar-refractivity contribution is 8.04. The highest BCUT2D eigenvalue weighted by Gasteiger charge is 2.39. The molecule has 1 N–H and O–H groups in total. The molecule has 7 heteroatoms. The fourth-order valence-electron chi connectivity index (χ4n) is 3.31. The summed E-state index contributed by atoms with van der Waals surface area (Å²) in [6.45, 7) is 2.19. The van der Waals surface area contributed by atoms with Gasteiger partial charge in [0, 0.05) is 9.92 Å². The maximum absolute atomic E-state index is 13.4. The van der Waals surface area contributed by atoms with Gasteiger partial charge in [0.15, 0.2) is 0 Å². The third-order valence-corrected chi connectivity index (χ3v) is 6.30. The number of anilines is 1. The highest BCUT2D eigenvalue weighted by atomic mass is 35.5. The lowest BCUT2D eigenvalue weighted by Gasteiger charge is -2.16. The van der Waals surface area contributed by atoms with Gasteiger partial charge in [-0.15, -0.1) is 0 Å². The van der Waals surface area contributed by atoms with Crippen molar-refractivity contribution < 1.29 is 14.3 Å². The maximum atomic E-state index is 13.4. The lowest BCUT2D eigenvalue weighted by molar-refractivity contribution is -0.137. The van der Waals surface area contributed by atoms with E-state index < -0.39 is 5.91 Å². The molecule has 4 rings (SSSR count). The second-order valence-electron chi connectivity index (χ2n) is 7.27. The summed E-state index contributed by atoms with van der Waals surface area (Å²) in [6.07, 6.45) is 0. The molecular weight excluding hydrogens is 444 g/mol. The first-order valence-electron chi connectivity index (χ1n) is 9.95. The largest absolute Gasteiger partial charge is 0.495 e. The number of hydrogen-bond donors (Lipinski definition) is 1. The lowest BCUT2D eigenvalue weighted by atomic mass is 10.2. The van der Waals surface area contributed by atoms with E-state index in [-0.39, 0.29) is 18.1 Å². The highest BCUT2D eigenvalue weighted by Crippen LogP contribution is 2.38. The van der Waals surface area contributed by atoms with Gasteiger partial charge in [0.05, 0.1) is 19.3 Å². The minimum Gasteiger partial charge on any atom is -0.495 e. The Morgan fingerprint density at radius 1 is 0.969 bits per heavy atom. The molecular formula is C25H21ClN2O3S. The number of amides is 2. The minimum atomic E-state index is -0.393. The van der Waals surface area contributed by atoms with Crippen molar-refractivity contribution >= 4 is 40.9 Å². The average molecular weight is 465 g/mol. The van der Waals surface area contributed by atoms with Crippen LogP contribution in [0.15, 0.2) is 88.3 Å². The molecule has 3 aromatic rings. The van der Waals surface area contributed by atoms with Crippen LogP contribution in [0.1, 0.15) is 11.1 Å². The van der Waals surface area contributed by atoms with E-state index in [1.807, 2.05) is 61.5 Å². The molecule has 1 heterocycles. The van der Waals surface area contributed by atoms with E-state index in [0.717, 1.165) is 16.0 Å². The molecule has 32 heavy (non-hydrogen) atoms. The van der Waals surface area contributed by atoms with E-state index in [0.29, 0.717) is 21.4 Å². The summed E-state index contributed by atoms with van der Waals surface area (Å²) in [5, 5.41) is 3.60. The summed E-state index contributed by atoms with van der Waals surface area (Å²) in [5.41, 5.74) is 2.71. The summed E-state index contributed by atoms with van der Waals surface area (Å²) in [5.74, 6) is -0.216. The fourth-order valence-corrected chi connectivity index (χ4v) is 4.42. The summed E-state index contributed by atoms with van der Waals surface area (Å²) in [4.78, 5) is 29.2. The number of ether oxygens (including phenoxy) is 1. The van der Waals surface area contributed by atoms with Crippen molar-refractivity contribution in [1.29, 1.82) is 0 Å². The molecule has 0 spiro atoms.